The van der Waals surface area contributed by atoms with Gasteiger partial charge in [-0.05, 0) is 6.92 Å². The van der Waals surface area contributed by atoms with Gasteiger partial charge >= 0.3 is 6.18 Å². The van der Waals surface area contributed by atoms with Crippen molar-refractivity contribution in [3.63, 3.8) is 0 Å². The second-order valence-electron chi connectivity index (χ2n) is 3.84. The van der Waals surface area contributed by atoms with Crippen LogP contribution in [0.1, 0.15) is 6.92 Å². The highest BCUT2D eigenvalue weighted by molar-refractivity contribution is 4.71. The fourth-order valence-corrected chi connectivity index (χ4v) is 0.697. The predicted octanol–water partition coefficient (Wildman–Crippen LogP) is 1.00. The molecule has 0 bridgehead atoms. The Labute approximate surface area is 70.2 Å². The maximum absolute atomic E-state index is 12.0. The Morgan fingerprint density at radius 1 is 1.17 bits per heavy atom. The first kappa shape index (κ1) is 11.7. The minimum atomic E-state index is -4.52. The first-order chi connectivity index (χ1) is 5.07. The topological polar surface area (TPSA) is 20.2 Å². The van der Waals surface area contributed by atoms with E-state index in [9.17, 15) is 13.2 Å². The predicted molar refractivity (Wildman–Crippen MR) is 39.6 cm³/mol. The minimum absolute atomic E-state index is 0.0840. The summed E-state index contributed by atoms with van der Waals surface area (Å²) in [6.07, 6.45) is -6.78. The molecular weight excluding hydrogens is 171 g/mol. The van der Waals surface area contributed by atoms with Crippen molar-refractivity contribution in [1.82, 2.24) is 0 Å². The van der Waals surface area contributed by atoms with Crippen LogP contribution in [0.4, 0.5) is 13.2 Å². The summed E-state index contributed by atoms with van der Waals surface area (Å²) in [4.78, 5) is 0. The smallest absolute Gasteiger partial charge is 0.379 e. The minimum Gasteiger partial charge on any atom is -0.379 e. The molecular formula is C7H15F3NO+. The Morgan fingerprint density at radius 3 is 1.58 bits per heavy atom. The summed E-state index contributed by atoms with van der Waals surface area (Å²) in [5.74, 6) is 0. The van der Waals surface area contributed by atoms with E-state index in [0.717, 1.165) is 0 Å². The van der Waals surface area contributed by atoms with Gasteiger partial charge < -0.3 is 9.59 Å². The van der Waals surface area contributed by atoms with Crippen molar-refractivity contribution in [2.75, 3.05) is 21.1 Å². The van der Waals surface area contributed by atoms with Gasteiger partial charge in [0.05, 0.1) is 21.1 Å². The second kappa shape index (κ2) is 3.22. The summed E-state index contributed by atoms with van der Waals surface area (Å²) >= 11 is 0. The highest BCUT2D eigenvalue weighted by Crippen LogP contribution is 2.25. The first-order valence-corrected chi connectivity index (χ1v) is 3.62. The summed E-state index contributed by atoms with van der Waals surface area (Å²) in [5, 5.41) is 8.85. The maximum atomic E-state index is 12.0. The number of likely N-dealkylation sites (N-methyl/N-ethyl adjacent to an activating group) is 1. The fourth-order valence-electron chi connectivity index (χ4n) is 0.697. The van der Waals surface area contributed by atoms with Crippen LogP contribution in [0.5, 0.6) is 0 Å². The monoisotopic (exact) mass is 186 g/mol. The SMILES string of the molecule is C[C@H]([C@H](O)C(F)(F)F)[N+](C)(C)C. The normalized spacial score (nSPS) is 19.0. The summed E-state index contributed by atoms with van der Waals surface area (Å²) in [5.41, 5.74) is 0. The van der Waals surface area contributed by atoms with Crippen molar-refractivity contribution < 1.29 is 22.8 Å². The number of quaternary nitrogens is 1. The average molecular weight is 186 g/mol. The largest absolute Gasteiger partial charge is 0.420 e. The number of aliphatic hydroxyl groups is 1. The lowest BCUT2D eigenvalue weighted by atomic mass is 10.1. The third kappa shape index (κ3) is 2.98. The van der Waals surface area contributed by atoms with Crippen molar-refractivity contribution in [1.29, 1.82) is 0 Å². The molecule has 0 unspecified atom stereocenters. The Hall–Kier alpha value is -0.290. The van der Waals surface area contributed by atoms with Gasteiger partial charge in [0.25, 0.3) is 0 Å². The zero-order valence-corrected chi connectivity index (χ0v) is 7.68. The van der Waals surface area contributed by atoms with Crippen molar-refractivity contribution in [2.45, 2.75) is 25.2 Å². The van der Waals surface area contributed by atoms with E-state index in [1.165, 1.54) is 6.92 Å². The number of nitrogens with zero attached hydrogens (tertiary/aromatic N) is 1. The van der Waals surface area contributed by atoms with Crippen molar-refractivity contribution in [2.24, 2.45) is 0 Å². The van der Waals surface area contributed by atoms with Crippen molar-refractivity contribution in [3.8, 4) is 0 Å². The van der Waals surface area contributed by atoms with Gasteiger partial charge in [-0.25, -0.2) is 0 Å². The molecule has 0 spiro atoms. The molecule has 1 N–H and O–H groups in total. The molecule has 0 aromatic rings. The van der Waals surface area contributed by atoms with E-state index in [1.807, 2.05) is 0 Å². The fraction of sp³-hybridized carbons (Fsp3) is 1.00. The highest BCUT2D eigenvalue weighted by Gasteiger charge is 2.46. The number of rotatable bonds is 2. The zero-order valence-electron chi connectivity index (χ0n) is 7.68. The third-order valence-electron chi connectivity index (χ3n) is 2.01. The number of hydrogen-bond donors (Lipinski definition) is 1. The van der Waals surface area contributed by atoms with E-state index in [2.05, 4.69) is 0 Å². The lowest BCUT2D eigenvalue weighted by Gasteiger charge is -2.35. The number of hydrogen-bond acceptors (Lipinski definition) is 1. The van der Waals surface area contributed by atoms with Crippen LogP contribution in [-0.4, -0.2) is 49.1 Å². The molecule has 12 heavy (non-hydrogen) atoms. The van der Waals surface area contributed by atoms with Crippen LogP contribution < -0.4 is 0 Å². The van der Waals surface area contributed by atoms with Gasteiger partial charge in [-0.15, -0.1) is 0 Å². The summed E-state index contributed by atoms with van der Waals surface area (Å²) in [6.45, 7) is 1.37. The molecule has 0 amide bonds. The van der Waals surface area contributed by atoms with Crippen molar-refractivity contribution in [3.05, 3.63) is 0 Å². The van der Waals surface area contributed by atoms with E-state index in [0.29, 0.717) is 0 Å². The summed E-state index contributed by atoms with van der Waals surface area (Å²) < 4.78 is 36.0. The van der Waals surface area contributed by atoms with Crippen LogP contribution in [-0.2, 0) is 0 Å². The lowest BCUT2D eigenvalue weighted by Crippen LogP contribution is -2.54. The molecule has 5 heteroatoms. The lowest BCUT2D eigenvalue weighted by molar-refractivity contribution is -0.899. The van der Waals surface area contributed by atoms with E-state index in [-0.39, 0.29) is 4.48 Å². The molecule has 0 saturated carbocycles. The highest BCUT2D eigenvalue weighted by atomic mass is 19.4. The first-order valence-electron chi connectivity index (χ1n) is 3.62. The van der Waals surface area contributed by atoms with Gasteiger partial charge in [0.2, 0.25) is 6.10 Å². The Kier molecular flexibility index (Phi) is 3.14. The molecule has 0 aliphatic heterocycles. The molecule has 0 aromatic heterocycles. The Balaban J connectivity index is 4.41. The van der Waals surface area contributed by atoms with Gasteiger partial charge in [0, 0.05) is 0 Å². The molecule has 0 saturated heterocycles. The van der Waals surface area contributed by atoms with Gasteiger partial charge in [0.1, 0.15) is 6.04 Å². The number of alkyl halides is 3. The Morgan fingerprint density at radius 2 is 1.50 bits per heavy atom. The van der Waals surface area contributed by atoms with Crippen molar-refractivity contribution >= 4 is 0 Å². The molecule has 0 rings (SSSR count). The van der Waals surface area contributed by atoms with Crippen LogP contribution in [0, 0.1) is 0 Å². The second-order valence-corrected chi connectivity index (χ2v) is 3.84. The molecule has 0 radical (unpaired) electrons. The van der Waals surface area contributed by atoms with Gasteiger partial charge in [-0.3, -0.25) is 0 Å². The number of halogens is 3. The quantitative estimate of drug-likeness (QED) is 0.638. The van der Waals surface area contributed by atoms with Gasteiger partial charge in [-0.2, -0.15) is 13.2 Å². The van der Waals surface area contributed by atoms with Crippen LogP contribution in [0.2, 0.25) is 0 Å². The van der Waals surface area contributed by atoms with Crippen LogP contribution in [0.3, 0.4) is 0 Å². The maximum Gasteiger partial charge on any atom is 0.420 e. The molecule has 2 atom stereocenters. The molecule has 0 aliphatic rings. The third-order valence-corrected chi connectivity index (χ3v) is 2.01. The number of aliphatic hydroxyl groups excluding tert-OH is 1. The van der Waals surface area contributed by atoms with E-state index < -0.39 is 18.3 Å². The Bertz CT molecular complexity index is 132. The summed E-state index contributed by atoms with van der Waals surface area (Å²) in [7, 11) is 4.83. The summed E-state index contributed by atoms with van der Waals surface area (Å²) in [6, 6.07) is -0.856. The van der Waals surface area contributed by atoms with Crippen LogP contribution in [0.25, 0.3) is 0 Å². The molecule has 0 heterocycles. The molecule has 74 valence electrons. The molecule has 0 aliphatic carbocycles. The molecule has 0 aromatic carbocycles. The van der Waals surface area contributed by atoms with Gasteiger partial charge in [-0.1, -0.05) is 0 Å². The van der Waals surface area contributed by atoms with E-state index in [4.69, 9.17) is 5.11 Å². The van der Waals surface area contributed by atoms with Crippen LogP contribution >= 0.6 is 0 Å². The standard InChI is InChI=1S/C7H15F3NO/c1-5(11(2,3)4)6(12)7(8,9)10/h5-6,12H,1-4H3/q+1/t5-,6+/m1/s1. The molecule has 2 nitrogen and oxygen atoms in total. The van der Waals surface area contributed by atoms with Crippen LogP contribution in [0.15, 0.2) is 0 Å². The average Bonchev–Trinajstić information content (AvgIpc) is 1.80. The zero-order chi connectivity index (χ0) is 10.2. The van der Waals surface area contributed by atoms with E-state index >= 15 is 0 Å². The van der Waals surface area contributed by atoms with E-state index in [1.54, 1.807) is 21.1 Å². The van der Waals surface area contributed by atoms with Gasteiger partial charge in [0.15, 0.2) is 0 Å². The molecule has 0 fully saturated rings.